The Morgan fingerprint density at radius 2 is 1.71 bits per heavy atom. The summed E-state index contributed by atoms with van der Waals surface area (Å²) in [6, 6.07) is 1.74. The number of nitrogens with one attached hydrogen (secondary N) is 1. The van der Waals surface area contributed by atoms with Crippen LogP contribution in [0.2, 0.25) is 0 Å². The number of nitrogens with zero attached hydrogens (tertiary/aromatic N) is 5. The fourth-order valence-electron chi connectivity index (χ4n) is 4.64. The van der Waals surface area contributed by atoms with E-state index in [1.807, 2.05) is 33.0 Å². The molecule has 0 unspecified atom stereocenters. The Bertz CT molecular complexity index is 996. The lowest BCUT2D eigenvalue weighted by Gasteiger charge is -2.37. The van der Waals surface area contributed by atoms with Gasteiger partial charge in [-0.2, -0.15) is 4.98 Å². The van der Waals surface area contributed by atoms with Gasteiger partial charge in [-0.05, 0) is 53.2 Å². The second-order valence-electron chi connectivity index (χ2n) is 8.70. The van der Waals surface area contributed by atoms with Gasteiger partial charge in [0.05, 0.1) is 26.5 Å². The standard InChI is InChI=1S/C26H40N6O3/c1-8-30(9-2)14-12-11-13-27-25-28-16-20-17-32(26(33)31(10-3)24(20)29-25)23-18(4)21(34-6)15-22(35-7)19(23)5/h15-16H,8-14,17H2,1-7H3,(H,27,28,29). The first-order chi connectivity index (χ1) is 16.9. The molecule has 0 spiro atoms. The summed E-state index contributed by atoms with van der Waals surface area (Å²) in [5.74, 6) is 2.59. The van der Waals surface area contributed by atoms with Crippen LogP contribution in [0.4, 0.5) is 22.2 Å². The Hall–Kier alpha value is -3.07. The molecule has 9 nitrogen and oxygen atoms in total. The average molecular weight is 485 g/mol. The smallest absolute Gasteiger partial charge is 0.330 e. The number of ether oxygens (including phenoxy) is 2. The molecule has 0 aliphatic carbocycles. The van der Waals surface area contributed by atoms with Gasteiger partial charge in [0, 0.05) is 42.0 Å². The molecule has 0 atom stereocenters. The minimum absolute atomic E-state index is 0.120. The zero-order chi connectivity index (χ0) is 25.5. The van der Waals surface area contributed by atoms with Gasteiger partial charge in [0.15, 0.2) is 0 Å². The van der Waals surface area contributed by atoms with Gasteiger partial charge in [-0.15, -0.1) is 0 Å². The number of benzene rings is 1. The lowest BCUT2D eigenvalue weighted by atomic mass is 10.0. The van der Waals surface area contributed by atoms with Gasteiger partial charge in [-0.3, -0.25) is 9.80 Å². The van der Waals surface area contributed by atoms with Crippen LogP contribution in [0.5, 0.6) is 11.5 Å². The zero-order valence-electron chi connectivity index (χ0n) is 22.3. The van der Waals surface area contributed by atoms with Gasteiger partial charge in [0.1, 0.15) is 17.3 Å². The van der Waals surface area contributed by atoms with E-state index in [1.54, 1.807) is 24.0 Å². The summed E-state index contributed by atoms with van der Waals surface area (Å²) in [5.41, 5.74) is 3.48. The Balaban J connectivity index is 1.81. The van der Waals surface area contributed by atoms with E-state index >= 15 is 0 Å². The molecule has 0 fully saturated rings. The number of methoxy groups -OCH3 is 2. The van der Waals surface area contributed by atoms with Gasteiger partial charge in [-0.25, -0.2) is 9.78 Å². The van der Waals surface area contributed by atoms with Crippen LogP contribution in [0.3, 0.4) is 0 Å². The predicted octanol–water partition coefficient (Wildman–Crippen LogP) is 4.61. The van der Waals surface area contributed by atoms with Crippen molar-refractivity contribution in [1.29, 1.82) is 0 Å². The summed E-state index contributed by atoms with van der Waals surface area (Å²) in [5, 5.41) is 3.33. The molecule has 0 saturated heterocycles. The maximum absolute atomic E-state index is 13.6. The van der Waals surface area contributed by atoms with E-state index in [9.17, 15) is 4.79 Å². The largest absolute Gasteiger partial charge is 0.496 e. The third kappa shape index (κ3) is 5.61. The highest BCUT2D eigenvalue weighted by Crippen LogP contribution is 2.41. The molecule has 1 aliphatic heterocycles. The van der Waals surface area contributed by atoms with Gasteiger partial charge in [0.25, 0.3) is 0 Å². The van der Waals surface area contributed by atoms with E-state index in [1.165, 1.54) is 0 Å². The lowest BCUT2D eigenvalue weighted by Crippen LogP contribution is -2.48. The summed E-state index contributed by atoms with van der Waals surface area (Å²) in [6.45, 7) is 15.2. The fraction of sp³-hybridized carbons (Fsp3) is 0.577. The Kier molecular flexibility index (Phi) is 9.14. The minimum Gasteiger partial charge on any atom is -0.496 e. The monoisotopic (exact) mass is 484 g/mol. The van der Waals surface area contributed by atoms with Crippen molar-refractivity contribution in [2.75, 3.05) is 62.1 Å². The van der Waals surface area contributed by atoms with Crippen molar-refractivity contribution >= 4 is 23.5 Å². The van der Waals surface area contributed by atoms with Crippen LogP contribution in [-0.2, 0) is 6.54 Å². The van der Waals surface area contributed by atoms with Crippen molar-refractivity contribution in [3.8, 4) is 11.5 Å². The fourth-order valence-corrected chi connectivity index (χ4v) is 4.64. The van der Waals surface area contributed by atoms with Crippen molar-refractivity contribution in [3.63, 3.8) is 0 Å². The van der Waals surface area contributed by atoms with Crippen molar-refractivity contribution in [3.05, 3.63) is 29.0 Å². The molecule has 1 aromatic carbocycles. The summed E-state index contributed by atoms with van der Waals surface area (Å²) >= 11 is 0. The average Bonchev–Trinajstić information content (AvgIpc) is 2.87. The van der Waals surface area contributed by atoms with Crippen LogP contribution in [0.15, 0.2) is 12.3 Å². The molecule has 9 heteroatoms. The summed E-state index contributed by atoms with van der Waals surface area (Å²) in [7, 11) is 3.25. The first-order valence-corrected chi connectivity index (χ1v) is 12.5. The molecule has 35 heavy (non-hydrogen) atoms. The van der Waals surface area contributed by atoms with Gasteiger partial charge in [-0.1, -0.05) is 13.8 Å². The van der Waals surface area contributed by atoms with Crippen LogP contribution in [0, 0.1) is 13.8 Å². The topological polar surface area (TPSA) is 83.1 Å². The van der Waals surface area contributed by atoms with E-state index in [-0.39, 0.29) is 6.03 Å². The second-order valence-corrected chi connectivity index (χ2v) is 8.70. The van der Waals surface area contributed by atoms with Crippen molar-refractivity contribution in [2.45, 2.75) is 54.0 Å². The summed E-state index contributed by atoms with van der Waals surface area (Å²) in [6.07, 6.45) is 3.99. The number of urea groups is 1. The highest BCUT2D eigenvalue weighted by Gasteiger charge is 2.34. The number of amides is 2. The second kappa shape index (κ2) is 12.1. The van der Waals surface area contributed by atoms with E-state index in [2.05, 4.69) is 29.0 Å². The molecule has 0 radical (unpaired) electrons. The van der Waals surface area contributed by atoms with Crippen LogP contribution in [0.25, 0.3) is 0 Å². The predicted molar refractivity (Wildman–Crippen MR) is 141 cm³/mol. The SMILES string of the molecule is CCN(CC)CCCCNc1ncc2c(n1)N(CC)C(=O)N(c1c(C)c(OC)cc(OC)c1C)C2. The summed E-state index contributed by atoms with van der Waals surface area (Å²) < 4.78 is 11.1. The third-order valence-corrected chi connectivity index (χ3v) is 6.70. The van der Waals surface area contributed by atoms with Crippen LogP contribution < -0.4 is 24.6 Å². The minimum atomic E-state index is -0.120. The van der Waals surface area contributed by atoms with E-state index < -0.39 is 0 Å². The number of aromatic nitrogens is 2. The molecule has 2 amide bonds. The first-order valence-electron chi connectivity index (χ1n) is 12.5. The molecule has 2 heterocycles. The summed E-state index contributed by atoms with van der Waals surface area (Å²) in [4.78, 5) is 28.8. The van der Waals surface area contributed by atoms with Crippen molar-refractivity contribution < 1.29 is 14.3 Å². The molecule has 1 aromatic heterocycles. The lowest BCUT2D eigenvalue weighted by molar-refractivity contribution is 0.250. The Morgan fingerprint density at radius 3 is 2.29 bits per heavy atom. The zero-order valence-corrected chi connectivity index (χ0v) is 22.3. The molecule has 2 aromatic rings. The molecule has 3 rings (SSSR count). The maximum Gasteiger partial charge on any atom is 0.330 e. The highest BCUT2D eigenvalue weighted by molar-refractivity contribution is 6.06. The van der Waals surface area contributed by atoms with E-state index in [0.717, 1.165) is 61.4 Å². The number of fused-ring (bicyclic) bond motifs is 1. The van der Waals surface area contributed by atoms with Gasteiger partial charge < -0.3 is 19.7 Å². The number of unbranched alkanes of at least 4 members (excludes halogenated alkanes) is 1. The first kappa shape index (κ1) is 26.5. The van der Waals surface area contributed by atoms with Gasteiger partial charge >= 0.3 is 6.03 Å². The molecular formula is C26H40N6O3. The Morgan fingerprint density at radius 1 is 1.06 bits per heavy atom. The Labute approximate surface area is 209 Å². The third-order valence-electron chi connectivity index (χ3n) is 6.70. The molecule has 1 N–H and O–H groups in total. The van der Waals surface area contributed by atoms with E-state index in [4.69, 9.17) is 14.5 Å². The van der Waals surface area contributed by atoms with Crippen molar-refractivity contribution in [1.82, 2.24) is 14.9 Å². The highest BCUT2D eigenvalue weighted by atomic mass is 16.5. The maximum atomic E-state index is 13.6. The normalized spacial score (nSPS) is 13.3. The molecule has 0 bridgehead atoms. The number of carbonyl (C=O) groups is 1. The number of hydrogen-bond acceptors (Lipinski definition) is 7. The quantitative estimate of drug-likeness (QED) is 0.441. The van der Waals surface area contributed by atoms with Crippen molar-refractivity contribution in [2.24, 2.45) is 0 Å². The molecule has 1 aliphatic rings. The van der Waals surface area contributed by atoms with E-state index in [0.29, 0.717) is 36.4 Å². The number of anilines is 3. The van der Waals surface area contributed by atoms with Gasteiger partial charge in [0.2, 0.25) is 5.95 Å². The molecular weight excluding hydrogens is 444 g/mol. The number of hydrogen-bond donors (Lipinski definition) is 1. The number of carbonyl (C=O) groups excluding carboxylic acids is 1. The molecule has 0 saturated carbocycles. The van der Waals surface area contributed by atoms with Crippen LogP contribution >= 0.6 is 0 Å². The van der Waals surface area contributed by atoms with Crippen LogP contribution in [-0.4, -0.2) is 67.8 Å². The number of rotatable bonds is 12. The molecule has 192 valence electrons. The van der Waals surface area contributed by atoms with Crippen LogP contribution in [0.1, 0.15) is 50.3 Å².